The van der Waals surface area contributed by atoms with Gasteiger partial charge in [0.1, 0.15) is 11.5 Å². The number of fused-ring (bicyclic) bond motifs is 6. The number of para-hydroxylation sites is 3. The molecule has 60 heavy (non-hydrogen) atoms. The van der Waals surface area contributed by atoms with Crippen molar-refractivity contribution >= 4 is 61.5 Å². The highest BCUT2D eigenvalue weighted by Gasteiger charge is 2.48. The van der Waals surface area contributed by atoms with E-state index < -0.39 is 8.07 Å². The summed E-state index contributed by atoms with van der Waals surface area (Å²) in [7, 11) is -2.97. The van der Waals surface area contributed by atoms with E-state index in [0.717, 1.165) is 22.9 Å². The van der Waals surface area contributed by atoms with E-state index in [1.807, 2.05) is 0 Å². The van der Waals surface area contributed by atoms with E-state index in [4.69, 9.17) is 4.74 Å². The molecule has 282 valence electrons. The molecule has 9 aromatic carbocycles. The molecule has 0 atom stereocenters. The predicted octanol–water partition coefficient (Wildman–Crippen LogP) is 11.5. The molecule has 0 saturated heterocycles. The van der Waals surface area contributed by atoms with Crippen molar-refractivity contribution in [2.45, 2.75) is 0 Å². The molecule has 0 N–H and O–H groups in total. The fraction of sp³-hybridized carbons (Fsp3) is 0. The lowest BCUT2D eigenvalue weighted by molar-refractivity contribution is 0.487. The molecule has 1 aliphatic rings. The average molecular weight is 783 g/mol. The van der Waals surface area contributed by atoms with Gasteiger partial charge in [-0.1, -0.05) is 152 Å². The highest BCUT2D eigenvalue weighted by atomic mass is 28.3. The van der Waals surface area contributed by atoms with Crippen LogP contribution >= 0.6 is 0 Å². The van der Waals surface area contributed by atoms with Crippen LogP contribution in [0.2, 0.25) is 0 Å². The van der Waals surface area contributed by atoms with Crippen LogP contribution in [0.5, 0.6) is 11.5 Å². The molecule has 11 aromatic rings. The van der Waals surface area contributed by atoms with Crippen LogP contribution in [-0.4, -0.2) is 17.2 Å². The Morgan fingerprint density at radius 1 is 0.350 bits per heavy atom. The fourth-order valence-corrected chi connectivity index (χ4v) is 14.8. The summed E-state index contributed by atoms with van der Waals surface area (Å²) in [5.41, 5.74) is 10.6. The number of hydrogen-bond donors (Lipinski definition) is 0. The summed E-state index contributed by atoms with van der Waals surface area (Å²) in [5.74, 6) is 1.84. The maximum Gasteiger partial charge on any atom is 0.188 e. The Morgan fingerprint density at radius 2 is 0.833 bits per heavy atom. The van der Waals surface area contributed by atoms with Crippen molar-refractivity contribution in [2.75, 3.05) is 0 Å². The van der Waals surface area contributed by atoms with Gasteiger partial charge in [-0.3, -0.25) is 0 Å². The number of rotatable bonds is 6. The van der Waals surface area contributed by atoms with Crippen molar-refractivity contribution in [3.05, 3.63) is 231 Å². The quantitative estimate of drug-likeness (QED) is 0.154. The molecule has 0 aliphatic carbocycles. The van der Waals surface area contributed by atoms with E-state index in [2.05, 4.69) is 240 Å². The molecular weight excluding hydrogens is 745 g/mol. The van der Waals surface area contributed by atoms with Gasteiger partial charge in [-0.25, -0.2) is 0 Å². The second-order valence-electron chi connectivity index (χ2n) is 15.7. The Labute approximate surface area is 349 Å². The smallest absolute Gasteiger partial charge is 0.188 e. The first-order valence-corrected chi connectivity index (χ1v) is 22.6. The Kier molecular flexibility index (Phi) is 7.87. The summed E-state index contributed by atoms with van der Waals surface area (Å²) in [6.07, 6.45) is 2.17. The highest BCUT2D eigenvalue weighted by Crippen LogP contribution is 2.38. The Bertz CT molecular complexity index is 3350. The maximum absolute atomic E-state index is 6.99. The Hall–Kier alpha value is -7.66. The number of ether oxygens (including phenoxy) is 1. The van der Waals surface area contributed by atoms with Gasteiger partial charge in [0.15, 0.2) is 8.07 Å². The average Bonchev–Trinajstić information content (AvgIpc) is 3.90. The lowest BCUT2D eigenvalue weighted by Gasteiger charge is -2.40. The van der Waals surface area contributed by atoms with Crippen molar-refractivity contribution in [2.24, 2.45) is 0 Å². The molecule has 0 bridgehead atoms. The third kappa shape index (κ3) is 5.28. The summed E-state index contributed by atoms with van der Waals surface area (Å²) in [5, 5.41) is 8.85. The minimum atomic E-state index is -2.97. The van der Waals surface area contributed by atoms with Gasteiger partial charge in [-0.2, -0.15) is 0 Å². The van der Waals surface area contributed by atoms with Gasteiger partial charge in [0.05, 0.1) is 16.6 Å². The molecule has 1 aliphatic heterocycles. The topological polar surface area (TPSA) is 19.1 Å². The summed E-state index contributed by atoms with van der Waals surface area (Å²) >= 11 is 0. The van der Waals surface area contributed by atoms with Gasteiger partial charge in [-0.05, 0) is 116 Å². The molecule has 0 radical (unpaired) electrons. The Balaban J connectivity index is 1.06. The van der Waals surface area contributed by atoms with Crippen molar-refractivity contribution in [1.82, 2.24) is 9.13 Å². The fourth-order valence-electron chi connectivity index (χ4n) is 9.76. The van der Waals surface area contributed by atoms with Crippen LogP contribution < -0.4 is 25.5 Å². The third-order valence-electron chi connectivity index (χ3n) is 12.5. The van der Waals surface area contributed by atoms with Crippen LogP contribution in [0.4, 0.5) is 0 Å². The van der Waals surface area contributed by atoms with Crippen molar-refractivity contribution < 1.29 is 4.74 Å². The summed E-state index contributed by atoms with van der Waals surface area (Å²) in [4.78, 5) is 0. The van der Waals surface area contributed by atoms with Gasteiger partial charge in [0.2, 0.25) is 0 Å². The highest BCUT2D eigenvalue weighted by molar-refractivity contribution is 7.20. The molecule has 0 spiro atoms. The number of hydrogen-bond acceptors (Lipinski definition) is 1. The molecule has 0 amide bonds. The normalized spacial score (nSPS) is 12.9. The van der Waals surface area contributed by atoms with Crippen LogP contribution in [0.15, 0.2) is 231 Å². The summed E-state index contributed by atoms with van der Waals surface area (Å²) < 4.78 is 11.6. The first-order chi connectivity index (χ1) is 29.7. The van der Waals surface area contributed by atoms with E-state index in [0.29, 0.717) is 0 Å². The Morgan fingerprint density at radius 3 is 1.47 bits per heavy atom. The zero-order valence-electron chi connectivity index (χ0n) is 32.7. The molecule has 0 saturated carbocycles. The van der Waals surface area contributed by atoms with Crippen LogP contribution in [0, 0.1) is 0 Å². The largest absolute Gasteiger partial charge is 0.458 e. The summed E-state index contributed by atoms with van der Waals surface area (Å²) in [6, 6.07) is 82.1. The van der Waals surface area contributed by atoms with E-state index in [9.17, 15) is 0 Å². The zero-order valence-corrected chi connectivity index (χ0v) is 33.7. The third-order valence-corrected chi connectivity index (χ3v) is 17.3. The lowest BCUT2D eigenvalue weighted by Crippen LogP contribution is -2.76. The molecule has 3 nitrogen and oxygen atoms in total. The molecule has 12 rings (SSSR count). The predicted molar refractivity (Wildman–Crippen MR) is 252 cm³/mol. The molecule has 3 heterocycles. The van der Waals surface area contributed by atoms with Crippen molar-refractivity contribution in [3.63, 3.8) is 0 Å². The molecule has 4 heteroatoms. The van der Waals surface area contributed by atoms with Gasteiger partial charge in [-0.15, -0.1) is 0 Å². The van der Waals surface area contributed by atoms with Gasteiger partial charge in [0, 0.05) is 33.7 Å². The lowest BCUT2D eigenvalue weighted by atomic mass is 10.0. The minimum Gasteiger partial charge on any atom is -0.458 e. The van der Waals surface area contributed by atoms with Crippen LogP contribution in [0.3, 0.4) is 0 Å². The minimum absolute atomic E-state index is 0.920. The first-order valence-electron chi connectivity index (χ1n) is 20.6. The standard InChI is InChI=1S/C56H38N2OSi/c1-5-15-44(16-6-1)57-34-33-43-35-39(25-29-50(43)57)41-27-31-53-55(37-41)60(46-19-9-3-10-20-46,47-21-11-4-12-22-47)56-38-42(28-32-54(56)59-53)40-26-30-52-49(36-40)48-23-13-14-24-51(48)58(52)45-17-7-2-8-18-45/h1-38H. The van der Waals surface area contributed by atoms with E-state index >= 15 is 0 Å². The second-order valence-corrected chi connectivity index (χ2v) is 19.5. The van der Waals surface area contributed by atoms with Gasteiger partial charge in [0.25, 0.3) is 0 Å². The maximum atomic E-state index is 6.99. The first kappa shape index (κ1) is 34.4. The second kappa shape index (κ2) is 13.7. The number of aromatic nitrogens is 2. The van der Waals surface area contributed by atoms with E-state index in [1.54, 1.807) is 0 Å². The molecule has 2 aromatic heterocycles. The molecule has 0 unspecified atom stereocenters. The van der Waals surface area contributed by atoms with Gasteiger partial charge < -0.3 is 13.9 Å². The number of nitrogens with zero attached hydrogens (tertiary/aromatic N) is 2. The van der Waals surface area contributed by atoms with Crippen LogP contribution in [0.25, 0.3) is 66.3 Å². The van der Waals surface area contributed by atoms with Crippen LogP contribution in [-0.2, 0) is 0 Å². The van der Waals surface area contributed by atoms with Crippen molar-refractivity contribution in [1.29, 1.82) is 0 Å². The monoisotopic (exact) mass is 782 g/mol. The van der Waals surface area contributed by atoms with Crippen LogP contribution in [0.1, 0.15) is 0 Å². The SMILES string of the molecule is c1ccc(-n2ccc3cc(-c4ccc5c(c4)[Si](c4ccccc4)(c4ccccc4)c4cc(-c6ccc7c(c6)c6ccccc6n7-c6ccccc6)ccc4O5)ccc32)cc1. The van der Waals surface area contributed by atoms with Crippen molar-refractivity contribution in [3.8, 4) is 45.1 Å². The van der Waals surface area contributed by atoms with E-state index in [1.165, 1.54) is 75.7 Å². The van der Waals surface area contributed by atoms with Gasteiger partial charge >= 0.3 is 0 Å². The molecular formula is C56H38N2OSi. The summed E-state index contributed by atoms with van der Waals surface area (Å²) in [6.45, 7) is 0. The van der Waals surface area contributed by atoms with E-state index in [-0.39, 0.29) is 0 Å². The zero-order chi connectivity index (χ0) is 39.6. The molecule has 0 fully saturated rings. The number of benzene rings is 9.